The summed E-state index contributed by atoms with van der Waals surface area (Å²) in [6, 6.07) is 44.9. The van der Waals surface area contributed by atoms with Gasteiger partial charge in [0, 0.05) is 85.3 Å². The van der Waals surface area contributed by atoms with Gasteiger partial charge >= 0.3 is 0 Å². The van der Waals surface area contributed by atoms with Gasteiger partial charge in [-0.25, -0.2) is 0 Å². The zero-order chi connectivity index (χ0) is 49.9. The standard InChI is InChI=1S/C60H42N8O6/c69-63-49-25-37-13-1-7-19-43(37)55(63)31-61-32-57-45-21-9-3-15-39(45)27-51(65(57)71)53-29-41-17-5-11-23-47(41)59(67(53)73)35-62(34-56-44-20-8-2-14-38(44)26-50(49)64(56)70)36-60-48-24-12-6-18-42(48)30-54(68(60)74)52-28-40-16-4-10-22-46(40)58(33-61)66(52)72/h1-30H,31-36H2. The zero-order valence-electron chi connectivity index (χ0n) is 39.6. The molecular weight excluding hydrogens is 929 g/mol. The van der Waals surface area contributed by atoms with Crippen LogP contribution in [0, 0.1) is 30.3 Å². The number of benzene rings is 6. The summed E-state index contributed by atoms with van der Waals surface area (Å²) in [7, 11) is 0. The van der Waals surface area contributed by atoms with Gasteiger partial charge in [0.25, 0.3) is 34.2 Å². The Kier molecular flexibility index (Phi) is 9.92. The average Bonchev–Trinajstić information content (AvgIpc) is 3.42. The molecule has 0 unspecified atom stereocenters. The minimum atomic E-state index is -0.120. The molecule has 6 aromatic rings. The highest BCUT2D eigenvalue weighted by atomic mass is 16.5. The summed E-state index contributed by atoms with van der Waals surface area (Å²) >= 11 is 0. The summed E-state index contributed by atoms with van der Waals surface area (Å²) in [5.74, 6) is 0. The third-order valence-electron chi connectivity index (χ3n) is 15.2. The molecule has 0 amide bonds. The predicted octanol–water partition coefficient (Wildman–Crippen LogP) is -0.396. The van der Waals surface area contributed by atoms with E-state index in [1.807, 2.05) is 155 Å². The van der Waals surface area contributed by atoms with Crippen LogP contribution in [0.2, 0.25) is 0 Å². The van der Waals surface area contributed by atoms with E-state index in [-0.39, 0.29) is 108 Å². The molecule has 14 nitrogen and oxygen atoms in total. The van der Waals surface area contributed by atoms with Crippen LogP contribution in [0.5, 0.6) is 0 Å². The molecule has 0 fully saturated rings. The molecule has 0 radical (unpaired) electrons. The van der Waals surface area contributed by atoms with Gasteiger partial charge in [0.1, 0.15) is 17.1 Å². The van der Waals surface area contributed by atoms with E-state index in [4.69, 9.17) is 0 Å². The van der Waals surface area contributed by atoms with E-state index in [9.17, 15) is 0 Å². The van der Waals surface area contributed by atoms with Gasteiger partial charge in [-0.05, 0) is 67.7 Å². The van der Waals surface area contributed by atoms with Crippen molar-refractivity contribution >= 4 is 70.6 Å². The number of nitroso groups, excluding NO2 is 3. The monoisotopic (exact) mass is 970 g/mol. The fourth-order valence-corrected chi connectivity index (χ4v) is 11.6. The fraction of sp³-hybridized carbons (Fsp3) is 0.100. The van der Waals surface area contributed by atoms with Gasteiger partial charge in [-0.1, -0.05) is 127 Å². The van der Waals surface area contributed by atoms with Crippen molar-refractivity contribution < 1.29 is 14.3 Å². The molecule has 9 aliphatic rings. The van der Waals surface area contributed by atoms with Crippen LogP contribution < -0.4 is 62.6 Å². The minimum absolute atomic E-state index is 0.0966. The van der Waals surface area contributed by atoms with Gasteiger partial charge in [-0.3, -0.25) is 9.80 Å². The van der Waals surface area contributed by atoms with E-state index >= 15 is 30.3 Å². The molecule has 9 heterocycles. The lowest BCUT2D eigenvalue weighted by Gasteiger charge is -2.43. The Morgan fingerprint density at radius 3 is 0.811 bits per heavy atom. The quantitative estimate of drug-likeness (QED) is 0.184. The maximum atomic E-state index is 15.6. The average molecular weight is 971 g/mol. The molecule has 0 atom stereocenters. The van der Waals surface area contributed by atoms with Gasteiger partial charge in [0.15, 0.2) is 0 Å². The lowest BCUT2D eigenvalue weighted by Crippen LogP contribution is -2.49. The molecule has 14 bridgehead atoms. The Balaban J connectivity index is 1.15. The van der Waals surface area contributed by atoms with Crippen LogP contribution in [-0.4, -0.2) is 78.5 Å². The maximum Gasteiger partial charge on any atom is 0.286 e. The van der Waals surface area contributed by atoms with Crippen molar-refractivity contribution in [3.63, 3.8) is 0 Å². The van der Waals surface area contributed by atoms with Crippen LogP contribution in [-0.2, 0) is 0 Å². The first-order chi connectivity index (χ1) is 36.2. The molecule has 74 heavy (non-hydrogen) atoms. The van der Waals surface area contributed by atoms with Crippen LogP contribution in [0.1, 0.15) is 0 Å². The van der Waals surface area contributed by atoms with Crippen molar-refractivity contribution in [2.45, 2.75) is 0 Å². The van der Waals surface area contributed by atoms with E-state index in [1.165, 1.54) is 0 Å². The molecule has 0 saturated carbocycles. The van der Waals surface area contributed by atoms with E-state index in [0.717, 1.165) is 29.5 Å². The Labute approximate surface area is 420 Å². The highest BCUT2D eigenvalue weighted by molar-refractivity contribution is 5.73. The summed E-state index contributed by atoms with van der Waals surface area (Å²) in [5, 5.41) is 57.1. The number of fused-ring (bicyclic) bond motifs is 6. The SMILES string of the molecule is O=[N+]1C2=C3C=c4ccccc4=C(CN4CC5=c6ccccc6=CC(=C6C=c7ccccc7=C(CN(CC1=c1ccccc1=C2)CC1=c2ccccc2=CC(=C2C=c7ccccc7=C(C4)N2[O-])[N+]1=O)[N+]6=O)N5[O-])N3[O-]. The second-order valence-electron chi connectivity index (χ2n) is 19.4. The van der Waals surface area contributed by atoms with Crippen LogP contribution in [0.15, 0.2) is 180 Å². The van der Waals surface area contributed by atoms with Crippen molar-refractivity contribution in [2.75, 3.05) is 39.3 Å². The van der Waals surface area contributed by atoms with Crippen molar-refractivity contribution in [1.82, 2.24) is 25.0 Å². The summed E-state index contributed by atoms with van der Waals surface area (Å²) in [6.45, 7) is -0.718. The Bertz CT molecular complexity index is 4130. The molecule has 9 aliphatic heterocycles. The van der Waals surface area contributed by atoms with E-state index in [0.29, 0.717) is 62.6 Å². The lowest BCUT2D eigenvalue weighted by molar-refractivity contribution is -0.405. The number of allylic oxidation sites excluding steroid dienone is 6. The number of hydroxylamine groups is 6. The van der Waals surface area contributed by atoms with Gasteiger partial charge in [0.2, 0.25) is 0 Å². The molecule has 15 rings (SSSR count). The third-order valence-corrected chi connectivity index (χ3v) is 15.2. The van der Waals surface area contributed by atoms with Gasteiger partial charge in [-0.15, -0.1) is 0 Å². The maximum absolute atomic E-state index is 15.6. The van der Waals surface area contributed by atoms with Crippen molar-refractivity contribution in [3.05, 3.63) is 273 Å². The van der Waals surface area contributed by atoms with E-state index in [1.54, 1.807) is 36.5 Å². The van der Waals surface area contributed by atoms with E-state index in [2.05, 4.69) is 0 Å². The molecular formula is C60H42N8O6. The van der Waals surface area contributed by atoms with Gasteiger partial charge in [0.05, 0.1) is 49.6 Å². The summed E-state index contributed by atoms with van der Waals surface area (Å²) in [4.78, 5) is 50.6. The summed E-state index contributed by atoms with van der Waals surface area (Å²) in [6.07, 6.45) is 10.4. The normalized spacial score (nSPS) is 20.6. The molecule has 0 aromatic heterocycles. The third kappa shape index (κ3) is 6.77. The predicted molar refractivity (Wildman–Crippen MR) is 282 cm³/mol. The molecule has 358 valence electrons. The molecule has 14 heteroatoms. The first-order valence-corrected chi connectivity index (χ1v) is 24.5. The molecule has 0 spiro atoms. The Hall–Kier alpha value is -9.02. The molecule has 0 N–H and O–H groups in total. The van der Waals surface area contributed by atoms with Gasteiger partial charge in [-0.2, -0.15) is 0 Å². The second kappa shape index (κ2) is 16.8. The zero-order valence-corrected chi connectivity index (χ0v) is 39.6. The largest absolute Gasteiger partial charge is 0.754 e. The van der Waals surface area contributed by atoms with Gasteiger partial charge < -0.3 is 30.8 Å². The second-order valence-corrected chi connectivity index (χ2v) is 19.4. The molecule has 0 saturated heterocycles. The topological polar surface area (TPSA) is 146 Å². The first-order valence-electron chi connectivity index (χ1n) is 24.5. The van der Waals surface area contributed by atoms with Crippen molar-refractivity contribution in [2.24, 2.45) is 0 Å². The fourth-order valence-electron chi connectivity index (χ4n) is 11.6. The lowest BCUT2D eigenvalue weighted by atomic mass is 10.0. The number of nitrogens with zero attached hydrogens (tertiary/aromatic N) is 8. The highest BCUT2D eigenvalue weighted by Gasteiger charge is 2.41. The van der Waals surface area contributed by atoms with E-state index < -0.39 is 0 Å². The van der Waals surface area contributed by atoms with Crippen molar-refractivity contribution in [1.29, 1.82) is 0 Å². The Morgan fingerprint density at radius 2 is 0.527 bits per heavy atom. The smallest absolute Gasteiger partial charge is 0.286 e. The molecule has 0 aliphatic carbocycles. The number of hydrogen-bond acceptors (Lipinski definition) is 11. The molecule has 6 aromatic carbocycles. The number of hydrogen-bond donors (Lipinski definition) is 0. The first kappa shape index (κ1) is 43.7. The summed E-state index contributed by atoms with van der Waals surface area (Å²) < 4.78 is 2.45. The van der Waals surface area contributed by atoms with Crippen LogP contribution in [0.4, 0.5) is 0 Å². The van der Waals surface area contributed by atoms with Crippen LogP contribution in [0.3, 0.4) is 0 Å². The van der Waals surface area contributed by atoms with Crippen LogP contribution in [0.25, 0.3) is 70.6 Å². The van der Waals surface area contributed by atoms with Crippen LogP contribution >= 0.6 is 0 Å². The number of rotatable bonds is 0. The Morgan fingerprint density at radius 1 is 0.297 bits per heavy atom. The highest BCUT2D eigenvalue weighted by Crippen LogP contribution is 2.31. The van der Waals surface area contributed by atoms with Crippen molar-refractivity contribution in [3.8, 4) is 0 Å². The minimum Gasteiger partial charge on any atom is -0.754 e. The summed E-state index contributed by atoms with van der Waals surface area (Å²) in [5.41, 5.74) is 2.25.